The second-order valence-electron chi connectivity index (χ2n) is 2.85. The van der Waals surface area contributed by atoms with E-state index in [4.69, 9.17) is 4.74 Å². The molecule has 2 rings (SSSR count). The van der Waals surface area contributed by atoms with Crippen LogP contribution in [0.25, 0.3) is 0 Å². The van der Waals surface area contributed by atoms with Crippen LogP contribution in [0.15, 0.2) is 12.1 Å². The van der Waals surface area contributed by atoms with Crippen LogP contribution in [0.4, 0.5) is 0 Å². The number of aromatic nitrogens is 1. The van der Waals surface area contributed by atoms with Crippen LogP contribution >= 0.6 is 0 Å². The van der Waals surface area contributed by atoms with Crippen molar-refractivity contribution >= 4 is 0 Å². The first kappa shape index (κ1) is 13.9. The Morgan fingerprint density at radius 1 is 1.13 bits per heavy atom. The van der Waals surface area contributed by atoms with Crippen LogP contribution in [0, 0.1) is 6.92 Å². The fourth-order valence-electron chi connectivity index (χ4n) is 1.33. The lowest BCUT2D eigenvalue weighted by Crippen LogP contribution is -2.10. The molecule has 1 aliphatic rings. The molecule has 0 amide bonds. The van der Waals surface area contributed by atoms with E-state index in [1.165, 1.54) is 0 Å². The minimum absolute atomic E-state index is 0.845. The van der Waals surface area contributed by atoms with Crippen molar-refractivity contribution in [2.45, 2.75) is 47.5 Å². The fraction of sp³-hybridized carbons (Fsp3) is 0.615. The van der Waals surface area contributed by atoms with Gasteiger partial charge >= 0.3 is 0 Å². The van der Waals surface area contributed by atoms with Crippen molar-refractivity contribution < 1.29 is 4.74 Å². The molecule has 0 fully saturated rings. The van der Waals surface area contributed by atoms with Crippen molar-refractivity contribution in [2.75, 3.05) is 6.61 Å². The zero-order chi connectivity index (χ0) is 11.7. The average molecular weight is 209 g/mol. The third-order valence-electron chi connectivity index (χ3n) is 1.89. The van der Waals surface area contributed by atoms with Crippen LogP contribution in [-0.2, 0) is 6.42 Å². The van der Waals surface area contributed by atoms with Gasteiger partial charge in [-0.25, -0.2) is 0 Å². The molecule has 1 aromatic heterocycles. The molecule has 2 heterocycles. The minimum Gasteiger partial charge on any atom is -0.492 e. The van der Waals surface area contributed by atoms with Gasteiger partial charge in [0.05, 0.1) is 12.3 Å². The zero-order valence-corrected chi connectivity index (χ0v) is 10.6. The van der Waals surface area contributed by atoms with Gasteiger partial charge in [-0.3, -0.25) is 4.98 Å². The Labute approximate surface area is 93.7 Å². The number of hydrogen-bond acceptors (Lipinski definition) is 2. The number of fused-ring (bicyclic) bond motifs is 1. The smallest absolute Gasteiger partial charge is 0.140 e. The van der Waals surface area contributed by atoms with Gasteiger partial charge < -0.3 is 4.74 Å². The molecule has 86 valence electrons. The molecule has 0 aromatic carbocycles. The van der Waals surface area contributed by atoms with Gasteiger partial charge in [0, 0.05) is 5.69 Å². The van der Waals surface area contributed by atoms with Gasteiger partial charge in [0.1, 0.15) is 5.75 Å². The van der Waals surface area contributed by atoms with E-state index in [2.05, 4.69) is 4.98 Å². The summed E-state index contributed by atoms with van der Waals surface area (Å²) >= 11 is 0. The van der Waals surface area contributed by atoms with Gasteiger partial charge in [0.2, 0.25) is 0 Å². The van der Waals surface area contributed by atoms with Gasteiger partial charge in [0.25, 0.3) is 0 Å². The molecule has 0 saturated heterocycles. The lowest BCUT2D eigenvalue weighted by molar-refractivity contribution is 0.284. The number of pyridine rings is 1. The predicted molar refractivity (Wildman–Crippen MR) is 65.5 cm³/mol. The van der Waals surface area contributed by atoms with E-state index in [-0.39, 0.29) is 0 Å². The van der Waals surface area contributed by atoms with Crippen molar-refractivity contribution in [1.82, 2.24) is 4.98 Å². The van der Waals surface area contributed by atoms with E-state index >= 15 is 0 Å². The third-order valence-corrected chi connectivity index (χ3v) is 1.89. The second-order valence-corrected chi connectivity index (χ2v) is 2.85. The van der Waals surface area contributed by atoms with Crippen molar-refractivity contribution in [3.05, 3.63) is 23.5 Å². The SMILES string of the molecule is CC.CC.Cc1ccc2c(n1)CCCO2. The standard InChI is InChI=1S/C9H11NO.2C2H6/c1-7-4-5-9-8(10-7)3-2-6-11-9;2*1-2/h4-5H,2-3,6H2,1H3;2*1-2H3. The maximum absolute atomic E-state index is 5.42. The number of ether oxygens (including phenoxy) is 1. The van der Waals surface area contributed by atoms with E-state index in [1.807, 2.05) is 46.8 Å². The van der Waals surface area contributed by atoms with E-state index < -0.39 is 0 Å². The number of nitrogens with zero attached hydrogens (tertiary/aromatic N) is 1. The Kier molecular flexibility index (Phi) is 7.69. The van der Waals surface area contributed by atoms with E-state index in [0.717, 1.165) is 36.6 Å². The van der Waals surface area contributed by atoms with E-state index in [9.17, 15) is 0 Å². The van der Waals surface area contributed by atoms with Crippen molar-refractivity contribution in [3.8, 4) is 5.75 Å². The van der Waals surface area contributed by atoms with E-state index in [0.29, 0.717) is 0 Å². The molecule has 0 atom stereocenters. The summed E-state index contributed by atoms with van der Waals surface area (Å²) in [4.78, 5) is 4.39. The van der Waals surface area contributed by atoms with Crippen LogP contribution < -0.4 is 4.74 Å². The highest BCUT2D eigenvalue weighted by atomic mass is 16.5. The van der Waals surface area contributed by atoms with Crippen LogP contribution in [0.3, 0.4) is 0 Å². The predicted octanol–water partition coefficient (Wildman–Crippen LogP) is 3.77. The molecule has 0 spiro atoms. The van der Waals surface area contributed by atoms with Crippen LogP contribution in [0.5, 0.6) is 5.75 Å². The Bertz CT molecular complexity index is 271. The summed E-state index contributed by atoms with van der Waals surface area (Å²) in [6, 6.07) is 4.00. The number of aryl methyl sites for hydroxylation is 2. The van der Waals surface area contributed by atoms with Gasteiger partial charge in [0.15, 0.2) is 0 Å². The Morgan fingerprint density at radius 2 is 1.80 bits per heavy atom. The molecule has 2 nitrogen and oxygen atoms in total. The molecule has 15 heavy (non-hydrogen) atoms. The topological polar surface area (TPSA) is 22.1 Å². The molecule has 2 heteroatoms. The molecular formula is C13H23NO. The summed E-state index contributed by atoms with van der Waals surface area (Å²) in [5.41, 5.74) is 2.20. The highest BCUT2D eigenvalue weighted by Crippen LogP contribution is 2.22. The molecule has 0 radical (unpaired) electrons. The first-order valence-electron chi connectivity index (χ1n) is 5.95. The van der Waals surface area contributed by atoms with Gasteiger partial charge in [-0.1, -0.05) is 27.7 Å². The maximum Gasteiger partial charge on any atom is 0.140 e. The molecule has 0 aliphatic carbocycles. The molecule has 1 aliphatic heterocycles. The summed E-state index contributed by atoms with van der Waals surface area (Å²) < 4.78 is 5.42. The first-order valence-corrected chi connectivity index (χ1v) is 5.95. The molecule has 1 aromatic rings. The summed E-state index contributed by atoms with van der Waals surface area (Å²) in [6.45, 7) is 10.9. The van der Waals surface area contributed by atoms with Crippen LogP contribution in [-0.4, -0.2) is 11.6 Å². The summed E-state index contributed by atoms with van der Waals surface area (Å²) in [5.74, 6) is 0.974. The first-order chi connectivity index (χ1) is 7.36. The summed E-state index contributed by atoms with van der Waals surface area (Å²) in [5, 5.41) is 0. The van der Waals surface area contributed by atoms with Crippen molar-refractivity contribution in [2.24, 2.45) is 0 Å². The quantitative estimate of drug-likeness (QED) is 0.649. The molecule has 0 bridgehead atoms. The number of hydrogen-bond donors (Lipinski definition) is 0. The summed E-state index contributed by atoms with van der Waals surface area (Å²) in [7, 11) is 0. The van der Waals surface area contributed by atoms with Crippen LogP contribution in [0.1, 0.15) is 45.5 Å². The highest BCUT2D eigenvalue weighted by Gasteiger charge is 2.10. The second kappa shape index (κ2) is 8.27. The van der Waals surface area contributed by atoms with Gasteiger partial charge in [-0.15, -0.1) is 0 Å². The molecule has 0 unspecified atom stereocenters. The normalized spacial score (nSPS) is 12.1. The van der Waals surface area contributed by atoms with Gasteiger partial charge in [-0.05, 0) is 31.9 Å². The zero-order valence-electron chi connectivity index (χ0n) is 10.6. The highest BCUT2D eigenvalue weighted by molar-refractivity contribution is 5.30. The Morgan fingerprint density at radius 3 is 2.47 bits per heavy atom. The lowest BCUT2D eigenvalue weighted by Gasteiger charge is -2.15. The lowest BCUT2D eigenvalue weighted by atomic mass is 10.1. The maximum atomic E-state index is 5.42. The van der Waals surface area contributed by atoms with Crippen molar-refractivity contribution in [3.63, 3.8) is 0 Å². The Balaban J connectivity index is 0.000000442. The van der Waals surface area contributed by atoms with E-state index in [1.54, 1.807) is 0 Å². The average Bonchev–Trinajstić information content (AvgIpc) is 2.34. The van der Waals surface area contributed by atoms with Crippen LogP contribution in [0.2, 0.25) is 0 Å². The molecule has 0 N–H and O–H groups in total. The largest absolute Gasteiger partial charge is 0.492 e. The minimum atomic E-state index is 0.845. The Hall–Kier alpha value is -1.05. The number of rotatable bonds is 0. The fourth-order valence-corrected chi connectivity index (χ4v) is 1.33. The third kappa shape index (κ3) is 4.32. The molecular weight excluding hydrogens is 186 g/mol. The van der Waals surface area contributed by atoms with Crippen molar-refractivity contribution in [1.29, 1.82) is 0 Å². The monoisotopic (exact) mass is 209 g/mol. The summed E-state index contributed by atoms with van der Waals surface area (Å²) in [6.07, 6.45) is 2.17. The molecule has 0 saturated carbocycles. The van der Waals surface area contributed by atoms with Gasteiger partial charge in [-0.2, -0.15) is 0 Å².